The molecule has 0 spiro atoms. The van der Waals surface area contributed by atoms with Gasteiger partial charge in [0.1, 0.15) is 5.75 Å². The smallest absolute Gasteiger partial charge is 0.306 e. The molecule has 0 fully saturated rings. The number of nitrogens with zero attached hydrogens (tertiary/aromatic N) is 1. The van der Waals surface area contributed by atoms with Crippen LogP contribution in [0.5, 0.6) is 5.75 Å². The third-order valence-electron chi connectivity index (χ3n) is 2.93. The first-order valence-electron chi connectivity index (χ1n) is 6.36. The molecule has 2 rings (SSSR count). The van der Waals surface area contributed by atoms with Crippen molar-refractivity contribution in [2.24, 2.45) is 0 Å². The number of anilines is 1. The van der Waals surface area contributed by atoms with E-state index in [0.717, 1.165) is 17.7 Å². The molecule has 2 aromatic carbocycles. The van der Waals surface area contributed by atoms with Gasteiger partial charge < -0.3 is 10.1 Å². The lowest BCUT2D eigenvalue weighted by molar-refractivity contribution is -0.387. The van der Waals surface area contributed by atoms with Crippen LogP contribution in [0.15, 0.2) is 42.5 Å². The SMILES string of the molecule is COc1cccc(CC(=O)Nc2ccc(F)c([N+](=O)[O-])c2)c1. The molecule has 7 heteroatoms. The lowest BCUT2D eigenvalue weighted by atomic mass is 10.1. The molecule has 1 N–H and O–H groups in total. The van der Waals surface area contributed by atoms with Crippen LogP contribution in [0.2, 0.25) is 0 Å². The van der Waals surface area contributed by atoms with Gasteiger partial charge in [0.2, 0.25) is 11.7 Å². The predicted octanol–water partition coefficient (Wildman–Crippen LogP) is 2.92. The Bertz CT molecular complexity index is 718. The highest BCUT2D eigenvalue weighted by Gasteiger charge is 2.15. The van der Waals surface area contributed by atoms with Gasteiger partial charge in [-0.3, -0.25) is 14.9 Å². The van der Waals surface area contributed by atoms with Gasteiger partial charge in [-0.05, 0) is 29.8 Å². The second-order valence-electron chi connectivity index (χ2n) is 4.50. The summed E-state index contributed by atoms with van der Waals surface area (Å²) in [6.07, 6.45) is 0.0718. The summed E-state index contributed by atoms with van der Waals surface area (Å²) in [6.45, 7) is 0. The molecule has 22 heavy (non-hydrogen) atoms. The molecule has 0 saturated carbocycles. The van der Waals surface area contributed by atoms with Gasteiger partial charge in [0, 0.05) is 11.8 Å². The zero-order valence-corrected chi connectivity index (χ0v) is 11.7. The van der Waals surface area contributed by atoms with Crippen LogP contribution in [-0.4, -0.2) is 17.9 Å². The Morgan fingerprint density at radius 1 is 1.32 bits per heavy atom. The van der Waals surface area contributed by atoms with E-state index in [1.165, 1.54) is 13.2 Å². The number of hydrogen-bond acceptors (Lipinski definition) is 4. The summed E-state index contributed by atoms with van der Waals surface area (Å²) in [4.78, 5) is 21.8. The molecule has 0 aromatic heterocycles. The third kappa shape index (κ3) is 3.78. The summed E-state index contributed by atoms with van der Waals surface area (Å²) in [6, 6.07) is 10.2. The molecular weight excluding hydrogens is 291 g/mol. The second kappa shape index (κ2) is 6.66. The zero-order chi connectivity index (χ0) is 16.1. The average Bonchev–Trinajstić information content (AvgIpc) is 2.49. The number of rotatable bonds is 5. The third-order valence-corrected chi connectivity index (χ3v) is 2.93. The normalized spacial score (nSPS) is 10.1. The van der Waals surface area contributed by atoms with Gasteiger partial charge in [-0.15, -0.1) is 0 Å². The van der Waals surface area contributed by atoms with Crippen molar-refractivity contribution in [1.82, 2.24) is 0 Å². The number of amides is 1. The number of nitro groups is 1. The molecular formula is C15H13FN2O4. The second-order valence-corrected chi connectivity index (χ2v) is 4.50. The Morgan fingerprint density at radius 2 is 2.09 bits per heavy atom. The Balaban J connectivity index is 2.08. The Labute approximate surface area is 125 Å². The van der Waals surface area contributed by atoms with Crippen LogP contribution in [0.3, 0.4) is 0 Å². The highest BCUT2D eigenvalue weighted by Crippen LogP contribution is 2.22. The number of nitrogens with one attached hydrogen (secondary N) is 1. The van der Waals surface area contributed by atoms with Crippen molar-refractivity contribution in [1.29, 1.82) is 0 Å². The lowest BCUT2D eigenvalue weighted by Gasteiger charge is -2.07. The molecule has 0 heterocycles. The summed E-state index contributed by atoms with van der Waals surface area (Å²) >= 11 is 0. The molecule has 1 amide bonds. The van der Waals surface area contributed by atoms with Crippen LogP contribution in [0.4, 0.5) is 15.8 Å². The van der Waals surface area contributed by atoms with E-state index in [9.17, 15) is 19.3 Å². The van der Waals surface area contributed by atoms with Crippen LogP contribution >= 0.6 is 0 Å². The minimum atomic E-state index is -0.948. The fraction of sp³-hybridized carbons (Fsp3) is 0.133. The Hall–Kier alpha value is -2.96. The maximum Gasteiger partial charge on any atom is 0.306 e. The quantitative estimate of drug-likeness (QED) is 0.680. The number of carbonyl (C=O) groups is 1. The average molecular weight is 304 g/mol. The highest BCUT2D eigenvalue weighted by molar-refractivity contribution is 5.92. The van der Waals surface area contributed by atoms with E-state index in [-0.39, 0.29) is 18.0 Å². The molecule has 0 radical (unpaired) electrons. The largest absolute Gasteiger partial charge is 0.497 e. The molecule has 0 aliphatic rings. The number of hydrogen-bond donors (Lipinski definition) is 1. The van der Waals surface area contributed by atoms with E-state index in [4.69, 9.17) is 4.74 Å². The summed E-state index contributed by atoms with van der Waals surface area (Å²) in [5.74, 6) is -0.687. The number of nitro benzene ring substituents is 1. The number of benzene rings is 2. The van der Waals surface area contributed by atoms with Gasteiger partial charge in [0.15, 0.2) is 0 Å². The molecule has 114 valence electrons. The minimum Gasteiger partial charge on any atom is -0.497 e. The molecule has 0 aliphatic carbocycles. The molecule has 0 unspecified atom stereocenters. The molecule has 0 atom stereocenters. The fourth-order valence-corrected chi connectivity index (χ4v) is 1.90. The van der Waals surface area contributed by atoms with E-state index < -0.39 is 16.4 Å². The van der Waals surface area contributed by atoms with Crippen molar-refractivity contribution < 1.29 is 18.8 Å². The van der Waals surface area contributed by atoms with Gasteiger partial charge >= 0.3 is 5.69 Å². The van der Waals surface area contributed by atoms with Gasteiger partial charge in [0.05, 0.1) is 18.5 Å². The first-order chi connectivity index (χ1) is 10.5. The van der Waals surface area contributed by atoms with Crippen LogP contribution in [0.25, 0.3) is 0 Å². The number of methoxy groups -OCH3 is 1. The molecule has 2 aromatic rings. The van der Waals surface area contributed by atoms with Crippen molar-refractivity contribution in [2.45, 2.75) is 6.42 Å². The summed E-state index contributed by atoms with van der Waals surface area (Å²) in [5.41, 5.74) is 0.216. The first-order valence-corrected chi connectivity index (χ1v) is 6.36. The number of ether oxygens (including phenoxy) is 1. The van der Waals surface area contributed by atoms with E-state index in [1.54, 1.807) is 24.3 Å². The molecule has 0 saturated heterocycles. The van der Waals surface area contributed by atoms with Crippen LogP contribution < -0.4 is 10.1 Å². The zero-order valence-electron chi connectivity index (χ0n) is 11.7. The predicted molar refractivity (Wildman–Crippen MR) is 78.4 cm³/mol. The topological polar surface area (TPSA) is 81.5 Å². The Morgan fingerprint density at radius 3 is 2.77 bits per heavy atom. The summed E-state index contributed by atoms with van der Waals surface area (Å²) < 4.78 is 18.3. The maximum absolute atomic E-state index is 13.2. The number of halogens is 1. The van der Waals surface area contributed by atoms with Gasteiger partial charge in [-0.1, -0.05) is 12.1 Å². The summed E-state index contributed by atoms with van der Waals surface area (Å²) in [5, 5.41) is 13.2. The minimum absolute atomic E-state index is 0.0718. The summed E-state index contributed by atoms with van der Waals surface area (Å²) in [7, 11) is 1.52. The monoisotopic (exact) mass is 304 g/mol. The van der Waals surface area contributed by atoms with E-state index in [0.29, 0.717) is 5.75 Å². The fourth-order valence-electron chi connectivity index (χ4n) is 1.90. The van der Waals surface area contributed by atoms with Crippen molar-refractivity contribution in [3.63, 3.8) is 0 Å². The van der Waals surface area contributed by atoms with E-state index in [1.807, 2.05) is 0 Å². The molecule has 0 aliphatic heterocycles. The van der Waals surface area contributed by atoms with E-state index >= 15 is 0 Å². The van der Waals surface area contributed by atoms with Crippen molar-refractivity contribution in [3.8, 4) is 5.75 Å². The van der Waals surface area contributed by atoms with Gasteiger partial charge in [0.25, 0.3) is 0 Å². The van der Waals surface area contributed by atoms with Crippen molar-refractivity contribution >= 4 is 17.3 Å². The maximum atomic E-state index is 13.2. The van der Waals surface area contributed by atoms with Gasteiger partial charge in [-0.25, -0.2) is 0 Å². The first kappa shape index (κ1) is 15.4. The highest BCUT2D eigenvalue weighted by atomic mass is 19.1. The van der Waals surface area contributed by atoms with Crippen molar-refractivity contribution in [3.05, 3.63) is 64.0 Å². The standard InChI is InChI=1S/C15H13FN2O4/c1-22-12-4-2-3-10(7-12)8-15(19)17-11-5-6-13(16)14(9-11)18(20)21/h2-7,9H,8H2,1H3,(H,17,19). The Kier molecular flexibility index (Phi) is 4.67. The van der Waals surface area contributed by atoms with E-state index in [2.05, 4.69) is 5.32 Å². The van der Waals surface area contributed by atoms with Crippen LogP contribution in [0, 0.1) is 15.9 Å². The molecule has 6 nitrogen and oxygen atoms in total. The lowest BCUT2D eigenvalue weighted by Crippen LogP contribution is -2.14. The molecule has 0 bridgehead atoms. The van der Waals surface area contributed by atoms with Crippen LogP contribution in [-0.2, 0) is 11.2 Å². The van der Waals surface area contributed by atoms with Crippen LogP contribution in [0.1, 0.15) is 5.56 Å². The number of carbonyl (C=O) groups excluding carboxylic acids is 1. The van der Waals surface area contributed by atoms with Gasteiger partial charge in [-0.2, -0.15) is 4.39 Å². The van der Waals surface area contributed by atoms with Crippen molar-refractivity contribution in [2.75, 3.05) is 12.4 Å².